The summed E-state index contributed by atoms with van der Waals surface area (Å²) in [7, 11) is 1.41. The molecule has 0 N–H and O–H groups in total. The summed E-state index contributed by atoms with van der Waals surface area (Å²) in [4.78, 5) is 0. The fourth-order valence-corrected chi connectivity index (χ4v) is 0.683. The van der Waals surface area contributed by atoms with E-state index in [0.29, 0.717) is 5.56 Å². The van der Waals surface area contributed by atoms with Gasteiger partial charge in [-0.25, -0.2) is 4.39 Å². The van der Waals surface area contributed by atoms with Crippen molar-refractivity contribution in [3.8, 4) is 5.75 Å². The van der Waals surface area contributed by atoms with E-state index in [-0.39, 0.29) is 5.75 Å². The fraction of sp³-hybridized carbons (Fsp3) is 0.125. The Morgan fingerprint density at radius 2 is 2.20 bits per heavy atom. The van der Waals surface area contributed by atoms with Gasteiger partial charge in [-0.05, 0) is 24.6 Å². The molecule has 0 atom stereocenters. The maximum Gasteiger partial charge on any atom is 0.165 e. The van der Waals surface area contributed by atoms with E-state index >= 15 is 0 Å². The van der Waals surface area contributed by atoms with Crippen LogP contribution in [0.2, 0.25) is 0 Å². The van der Waals surface area contributed by atoms with Crippen LogP contribution in [-0.2, 0) is 0 Å². The van der Waals surface area contributed by atoms with Crippen LogP contribution in [0.25, 0.3) is 0 Å². The van der Waals surface area contributed by atoms with E-state index in [9.17, 15) is 4.39 Å². The third-order valence-corrected chi connectivity index (χ3v) is 1.18. The van der Waals surface area contributed by atoms with Gasteiger partial charge in [0.2, 0.25) is 0 Å². The van der Waals surface area contributed by atoms with Gasteiger partial charge < -0.3 is 4.74 Å². The molecule has 0 unspecified atom stereocenters. The van der Waals surface area contributed by atoms with Crippen molar-refractivity contribution < 1.29 is 9.13 Å². The Labute approximate surface area is 59.4 Å². The van der Waals surface area contributed by atoms with Gasteiger partial charge in [0.1, 0.15) is 0 Å². The summed E-state index contributed by atoms with van der Waals surface area (Å²) in [6, 6.07) is 4.30. The normalized spacial score (nSPS) is 9.50. The van der Waals surface area contributed by atoms with Gasteiger partial charge in [0.05, 0.1) is 7.11 Å². The third-order valence-electron chi connectivity index (χ3n) is 1.18. The Hall–Kier alpha value is -1.05. The zero-order valence-electron chi connectivity index (χ0n) is 5.60. The molecule has 0 aromatic heterocycles. The monoisotopic (exact) mass is 138 g/mol. The Balaban J connectivity index is 3.07. The molecular formula is C8H7FO. The fourth-order valence-electron chi connectivity index (χ4n) is 0.683. The van der Waals surface area contributed by atoms with Crippen molar-refractivity contribution in [2.24, 2.45) is 0 Å². The molecule has 0 bridgehead atoms. The van der Waals surface area contributed by atoms with Gasteiger partial charge >= 0.3 is 0 Å². The van der Waals surface area contributed by atoms with Crippen molar-refractivity contribution in [2.75, 3.05) is 7.11 Å². The van der Waals surface area contributed by atoms with Crippen LogP contribution < -0.4 is 4.74 Å². The molecule has 1 aromatic carbocycles. The number of ether oxygens (including phenoxy) is 1. The van der Waals surface area contributed by atoms with Gasteiger partial charge in [-0.1, -0.05) is 6.07 Å². The molecule has 0 saturated carbocycles. The van der Waals surface area contributed by atoms with Crippen molar-refractivity contribution in [2.45, 2.75) is 0 Å². The lowest BCUT2D eigenvalue weighted by Gasteiger charge is -2.00. The van der Waals surface area contributed by atoms with Crippen LogP contribution >= 0.6 is 0 Å². The second-order valence-corrected chi connectivity index (χ2v) is 1.89. The van der Waals surface area contributed by atoms with Crippen molar-refractivity contribution in [3.05, 3.63) is 36.5 Å². The summed E-state index contributed by atoms with van der Waals surface area (Å²) in [6.07, 6.45) is 0. The molecule has 0 saturated heterocycles. The quantitative estimate of drug-likeness (QED) is 0.575. The summed E-state index contributed by atoms with van der Waals surface area (Å²) in [5, 5.41) is 0. The highest BCUT2D eigenvalue weighted by Gasteiger charge is 1.99. The zero-order chi connectivity index (χ0) is 7.56. The van der Waals surface area contributed by atoms with Gasteiger partial charge in [0.25, 0.3) is 0 Å². The van der Waals surface area contributed by atoms with E-state index in [4.69, 9.17) is 6.92 Å². The molecule has 1 rings (SSSR count). The molecule has 2 radical (unpaired) electrons. The lowest BCUT2D eigenvalue weighted by molar-refractivity contribution is 0.386. The standard InChI is InChI=1S/C8H7FO/c1-6-3-4-8(10-2)7(9)5-6/h1,3-5H,2H3. The van der Waals surface area contributed by atoms with Crippen LogP contribution in [-0.4, -0.2) is 7.11 Å². The Bertz CT molecular complexity index is 233. The molecule has 0 fully saturated rings. The first-order valence-corrected chi connectivity index (χ1v) is 2.83. The van der Waals surface area contributed by atoms with E-state index < -0.39 is 5.82 Å². The zero-order valence-corrected chi connectivity index (χ0v) is 5.60. The summed E-state index contributed by atoms with van der Waals surface area (Å²) >= 11 is 0. The highest BCUT2D eigenvalue weighted by Crippen LogP contribution is 2.16. The van der Waals surface area contributed by atoms with Crippen LogP contribution in [0.15, 0.2) is 18.2 Å². The predicted molar refractivity (Wildman–Crippen MR) is 36.4 cm³/mol. The average molecular weight is 138 g/mol. The van der Waals surface area contributed by atoms with E-state index in [1.165, 1.54) is 19.2 Å². The summed E-state index contributed by atoms with van der Waals surface area (Å²) in [6.45, 7) is 5.29. The average Bonchev–Trinajstić information content (AvgIpc) is 1.88. The number of hydrogen-bond donors (Lipinski definition) is 0. The van der Waals surface area contributed by atoms with Gasteiger partial charge in [-0.15, -0.1) is 0 Å². The third kappa shape index (κ3) is 1.26. The van der Waals surface area contributed by atoms with Crippen molar-refractivity contribution in [1.82, 2.24) is 0 Å². The van der Waals surface area contributed by atoms with E-state index in [1.54, 1.807) is 6.07 Å². The van der Waals surface area contributed by atoms with Crippen LogP contribution in [0.5, 0.6) is 5.75 Å². The lowest BCUT2D eigenvalue weighted by atomic mass is 10.2. The Kier molecular flexibility index (Phi) is 1.90. The maximum atomic E-state index is 12.6. The van der Waals surface area contributed by atoms with Gasteiger partial charge in [-0.2, -0.15) is 0 Å². The molecule has 0 heterocycles. The summed E-state index contributed by atoms with van der Waals surface area (Å²) < 4.78 is 17.3. The number of benzene rings is 1. The van der Waals surface area contributed by atoms with E-state index in [2.05, 4.69) is 4.74 Å². The number of hydrogen-bond acceptors (Lipinski definition) is 1. The molecule has 1 aromatic rings. The maximum absolute atomic E-state index is 12.6. The molecule has 52 valence electrons. The van der Waals surface area contributed by atoms with Crippen LogP contribution in [0.4, 0.5) is 4.39 Å². The first-order chi connectivity index (χ1) is 4.74. The number of halogens is 1. The molecule has 0 aliphatic rings. The van der Waals surface area contributed by atoms with E-state index in [0.717, 1.165) is 0 Å². The summed E-state index contributed by atoms with van der Waals surface area (Å²) in [5.41, 5.74) is 0.401. The minimum atomic E-state index is -0.428. The first-order valence-electron chi connectivity index (χ1n) is 2.83. The molecule has 10 heavy (non-hydrogen) atoms. The molecule has 0 amide bonds. The van der Waals surface area contributed by atoms with Crippen LogP contribution in [0.1, 0.15) is 5.56 Å². The SMILES string of the molecule is [CH]c1ccc(OC)c(F)c1. The van der Waals surface area contributed by atoms with Crippen molar-refractivity contribution in [3.63, 3.8) is 0 Å². The van der Waals surface area contributed by atoms with Crippen molar-refractivity contribution >= 4 is 0 Å². The molecule has 0 aliphatic heterocycles. The lowest BCUT2D eigenvalue weighted by Crippen LogP contribution is -1.87. The predicted octanol–water partition coefficient (Wildman–Crippen LogP) is 1.89. The van der Waals surface area contributed by atoms with Crippen LogP contribution in [0.3, 0.4) is 0 Å². The molecule has 0 spiro atoms. The topological polar surface area (TPSA) is 9.23 Å². The molecular weight excluding hydrogens is 131 g/mol. The molecule has 0 aliphatic carbocycles. The Morgan fingerprint density at radius 3 is 2.70 bits per heavy atom. The molecule has 1 nitrogen and oxygen atoms in total. The van der Waals surface area contributed by atoms with E-state index in [1.807, 2.05) is 0 Å². The first kappa shape index (κ1) is 7.06. The van der Waals surface area contributed by atoms with Gasteiger partial charge in [0, 0.05) is 0 Å². The summed E-state index contributed by atoms with van der Waals surface area (Å²) in [5.74, 6) is -0.211. The molecule has 2 heteroatoms. The number of methoxy groups -OCH3 is 1. The minimum absolute atomic E-state index is 0.217. The van der Waals surface area contributed by atoms with Crippen molar-refractivity contribution in [1.29, 1.82) is 0 Å². The minimum Gasteiger partial charge on any atom is -0.494 e. The largest absolute Gasteiger partial charge is 0.494 e. The number of rotatable bonds is 1. The smallest absolute Gasteiger partial charge is 0.165 e. The van der Waals surface area contributed by atoms with Crippen LogP contribution in [0, 0.1) is 12.7 Å². The Morgan fingerprint density at radius 1 is 1.50 bits per heavy atom. The van der Waals surface area contributed by atoms with Gasteiger partial charge in [-0.3, -0.25) is 0 Å². The highest BCUT2D eigenvalue weighted by molar-refractivity contribution is 5.30. The second kappa shape index (κ2) is 2.69. The second-order valence-electron chi connectivity index (χ2n) is 1.89. The highest BCUT2D eigenvalue weighted by atomic mass is 19.1. The van der Waals surface area contributed by atoms with Gasteiger partial charge in [0.15, 0.2) is 11.6 Å².